The molecule has 8 heteroatoms. The normalized spacial score (nSPS) is 17.8. The maximum Gasteiger partial charge on any atom is 0.416 e. The third-order valence-corrected chi connectivity index (χ3v) is 6.22. The Bertz CT molecular complexity index is 1530. The number of furan rings is 1. The molecule has 1 N–H and O–H groups in total. The van der Waals surface area contributed by atoms with Crippen molar-refractivity contribution in [3.63, 3.8) is 0 Å². The van der Waals surface area contributed by atoms with E-state index >= 15 is 0 Å². The highest BCUT2D eigenvalue weighted by molar-refractivity contribution is 6.46. The van der Waals surface area contributed by atoms with Gasteiger partial charge in [-0.1, -0.05) is 54.6 Å². The number of likely N-dealkylation sites (tertiary alicyclic amines) is 1. The second-order valence-electron chi connectivity index (χ2n) is 8.60. The Morgan fingerprint density at radius 3 is 2.42 bits per heavy atom. The minimum absolute atomic E-state index is 0.183. The molecule has 1 aromatic heterocycles. The summed E-state index contributed by atoms with van der Waals surface area (Å²) in [6.45, 7) is 1.40. The zero-order valence-electron chi connectivity index (χ0n) is 19.0. The standard InChI is InChI=1S/C28H20F3NO4/c1-16-12-13-22(36-16)24-23(25(33)21-11-5-8-18-7-2-3-10-20(18)21)26(34)27(35)32(24)15-17-6-4-9-19(14-17)28(29,30)31/h2-14,24,33H,15H2,1H3/b25-23-. The van der Waals surface area contributed by atoms with Gasteiger partial charge in [0.05, 0.1) is 11.1 Å². The van der Waals surface area contributed by atoms with Crippen LogP contribution in [0.2, 0.25) is 0 Å². The van der Waals surface area contributed by atoms with E-state index in [0.29, 0.717) is 16.7 Å². The number of halogens is 3. The Kier molecular flexibility index (Phi) is 5.67. The van der Waals surface area contributed by atoms with Gasteiger partial charge in [0.1, 0.15) is 23.3 Å². The first kappa shape index (κ1) is 23.4. The molecule has 3 aromatic carbocycles. The largest absolute Gasteiger partial charge is 0.507 e. The van der Waals surface area contributed by atoms with Crippen molar-refractivity contribution in [3.8, 4) is 0 Å². The number of carbonyl (C=O) groups is 2. The number of aliphatic hydroxyl groups is 1. The lowest BCUT2D eigenvalue weighted by atomic mass is 9.96. The van der Waals surface area contributed by atoms with Gasteiger partial charge in [0.2, 0.25) is 0 Å². The van der Waals surface area contributed by atoms with Crippen molar-refractivity contribution in [2.45, 2.75) is 25.7 Å². The molecule has 1 aliphatic rings. The van der Waals surface area contributed by atoms with Crippen LogP contribution in [-0.4, -0.2) is 21.7 Å². The third kappa shape index (κ3) is 4.04. The third-order valence-electron chi connectivity index (χ3n) is 6.22. The van der Waals surface area contributed by atoms with Gasteiger partial charge in [-0.15, -0.1) is 0 Å². The van der Waals surface area contributed by atoms with Gasteiger partial charge < -0.3 is 14.4 Å². The first-order chi connectivity index (χ1) is 17.1. The van der Waals surface area contributed by atoms with Crippen LogP contribution in [-0.2, 0) is 22.3 Å². The van der Waals surface area contributed by atoms with Crippen LogP contribution in [0.3, 0.4) is 0 Å². The van der Waals surface area contributed by atoms with E-state index in [2.05, 4.69) is 0 Å². The van der Waals surface area contributed by atoms with Crippen LogP contribution < -0.4 is 0 Å². The first-order valence-electron chi connectivity index (χ1n) is 11.1. The van der Waals surface area contributed by atoms with Crippen molar-refractivity contribution in [1.29, 1.82) is 0 Å². The smallest absolute Gasteiger partial charge is 0.416 e. The molecule has 0 radical (unpaired) electrons. The van der Waals surface area contributed by atoms with Crippen molar-refractivity contribution in [3.05, 3.63) is 113 Å². The number of Topliss-reactive ketones (excluding diaryl/α,β-unsaturated/α-hetero) is 1. The SMILES string of the molecule is Cc1ccc(C2/C(=C(/O)c3cccc4ccccc34)C(=O)C(=O)N2Cc2cccc(C(F)(F)F)c2)o1. The number of carbonyl (C=O) groups excluding carboxylic acids is 2. The molecular formula is C28H20F3NO4. The van der Waals surface area contributed by atoms with Gasteiger partial charge in [-0.25, -0.2) is 0 Å². The molecule has 5 nitrogen and oxygen atoms in total. The van der Waals surface area contributed by atoms with Gasteiger partial charge in [-0.3, -0.25) is 9.59 Å². The molecule has 1 fully saturated rings. The fourth-order valence-corrected chi connectivity index (χ4v) is 4.56. The average Bonchev–Trinajstić information content (AvgIpc) is 3.39. The molecule has 0 saturated carbocycles. The van der Waals surface area contributed by atoms with E-state index in [9.17, 15) is 27.9 Å². The van der Waals surface area contributed by atoms with E-state index in [0.717, 1.165) is 22.4 Å². The summed E-state index contributed by atoms with van der Waals surface area (Å²) in [4.78, 5) is 27.5. The van der Waals surface area contributed by atoms with Gasteiger partial charge in [-0.2, -0.15) is 13.2 Å². The molecule has 1 unspecified atom stereocenters. The van der Waals surface area contributed by atoms with Crippen LogP contribution in [0.1, 0.15) is 34.3 Å². The van der Waals surface area contributed by atoms with Crippen LogP contribution in [0.5, 0.6) is 0 Å². The maximum absolute atomic E-state index is 13.3. The maximum atomic E-state index is 13.3. The van der Waals surface area contributed by atoms with Gasteiger partial charge in [0.25, 0.3) is 11.7 Å². The van der Waals surface area contributed by atoms with Crippen LogP contribution in [0.15, 0.2) is 88.9 Å². The summed E-state index contributed by atoms with van der Waals surface area (Å²) in [7, 11) is 0. The predicted octanol–water partition coefficient (Wildman–Crippen LogP) is 6.38. The van der Waals surface area contributed by atoms with Crippen molar-refractivity contribution in [2.75, 3.05) is 0 Å². The number of rotatable bonds is 4. The van der Waals surface area contributed by atoms with Gasteiger partial charge in [-0.05, 0) is 47.5 Å². The van der Waals surface area contributed by atoms with Crippen molar-refractivity contribution < 1.29 is 32.3 Å². The second-order valence-corrected chi connectivity index (χ2v) is 8.60. The van der Waals surface area contributed by atoms with Gasteiger partial charge in [0.15, 0.2) is 0 Å². The van der Waals surface area contributed by atoms with Crippen molar-refractivity contribution >= 4 is 28.2 Å². The topological polar surface area (TPSA) is 70.8 Å². The summed E-state index contributed by atoms with van der Waals surface area (Å²) in [6, 6.07) is 19.2. The number of nitrogens with zero attached hydrogens (tertiary/aromatic N) is 1. The summed E-state index contributed by atoms with van der Waals surface area (Å²) in [5.41, 5.74) is -0.501. The number of hydrogen-bond acceptors (Lipinski definition) is 4. The highest BCUT2D eigenvalue weighted by Crippen LogP contribution is 2.42. The molecule has 182 valence electrons. The van der Waals surface area contributed by atoms with E-state index in [4.69, 9.17) is 4.42 Å². The van der Waals surface area contributed by atoms with Crippen molar-refractivity contribution in [1.82, 2.24) is 4.90 Å². The molecule has 0 spiro atoms. The molecule has 4 aromatic rings. The molecule has 5 rings (SSSR count). The molecular weight excluding hydrogens is 471 g/mol. The summed E-state index contributed by atoms with van der Waals surface area (Å²) in [5, 5.41) is 12.9. The summed E-state index contributed by atoms with van der Waals surface area (Å²) >= 11 is 0. The Balaban J connectivity index is 1.66. The number of hydrogen-bond donors (Lipinski definition) is 1. The lowest BCUT2D eigenvalue weighted by Gasteiger charge is -2.24. The number of benzene rings is 3. The fraction of sp³-hybridized carbons (Fsp3) is 0.143. The van der Waals surface area contributed by atoms with E-state index in [1.165, 1.54) is 12.1 Å². The quantitative estimate of drug-likeness (QED) is 0.204. The van der Waals surface area contributed by atoms with E-state index in [1.807, 2.05) is 18.2 Å². The average molecular weight is 491 g/mol. The molecule has 0 aliphatic carbocycles. The fourth-order valence-electron chi connectivity index (χ4n) is 4.56. The number of amides is 1. The summed E-state index contributed by atoms with van der Waals surface area (Å²) in [6.07, 6.45) is -4.56. The highest BCUT2D eigenvalue weighted by Gasteiger charge is 2.47. The Morgan fingerprint density at radius 2 is 1.69 bits per heavy atom. The molecule has 1 aliphatic heterocycles. The molecule has 2 heterocycles. The van der Waals surface area contributed by atoms with E-state index < -0.39 is 29.5 Å². The number of ketones is 1. The number of alkyl halides is 3. The minimum Gasteiger partial charge on any atom is -0.507 e. The van der Waals surface area contributed by atoms with Crippen LogP contribution in [0.4, 0.5) is 13.2 Å². The number of aryl methyl sites for hydroxylation is 1. The monoisotopic (exact) mass is 491 g/mol. The zero-order chi connectivity index (χ0) is 25.6. The Hall–Kier alpha value is -4.33. The molecule has 0 bridgehead atoms. The minimum atomic E-state index is -4.56. The Labute approximate surface area is 204 Å². The lowest BCUT2D eigenvalue weighted by Crippen LogP contribution is -2.29. The van der Waals surface area contributed by atoms with Crippen LogP contribution >= 0.6 is 0 Å². The summed E-state index contributed by atoms with van der Waals surface area (Å²) < 4.78 is 45.5. The van der Waals surface area contributed by atoms with Crippen molar-refractivity contribution in [2.24, 2.45) is 0 Å². The van der Waals surface area contributed by atoms with Gasteiger partial charge >= 0.3 is 6.18 Å². The molecule has 1 saturated heterocycles. The van der Waals surface area contributed by atoms with Crippen LogP contribution in [0.25, 0.3) is 16.5 Å². The van der Waals surface area contributed by atoms with Gasteiger partial charge in [0, 0.05) is 12.1 Å². The highest BCUT2D eigenvalue weighted by atomic mass is 19.4. The predicted molar refractivity (Wildman–Crippen MR) is 127 cm³/mol. The first-order valence-corrected chi connectivity index (χ1v) is 11.1. The molecule has 1 amide bonds. The van der Waals surface area contributed by atoms with Crippen LogP contribution in [0, 0.1) is 6.92 Å². The molecule has 36 heavy (non-hydrogen) atoms. The van der Waals surface area contributed by atoms with E-state index in [-0.39, 0.29) is 29.2 Å². The summed E-state index contributed by atoms with van der Waals surface area (Å²) in [5.74, 6) is -1.52. The Morgan fingerprint density at radius 1 is 0.972 bits per heavy atom. The van der Waals surface area contributed by atoms with E-state index in [1.54, 1.807) is 43.3 Å². The zero-order valence-corrected chi connectivity index (χ0v) is 19.0. The second kappa shape index (κ2) is 8.71. The number of fused-ring (bicyclic) bond motifs is 1. The number of aliphatic hydroxyl groups excluding tert-OH is 1. The molecule has 1 atom stereocenters. The lowest BCUT2D eigenvalue weighted by molar-refractivity contribution is -0.140.